The van der Waals surface area contributed by atoms with Gasteiger partial charge in [-0.3, -0.25) is 4.79 Å². The molecule has 0 spiro atoms. The molecule has 0 unspecified atom stereocenters. The molecule has 2 rings (SSSR count). The van der Waals surface area contributed by atoms with Crippen LogP contribution in [0, 0.1) is 0 Å². The molecule has 1 amide bonds. The third kappa shape index (κ3) is 3.52. The molecule has 21 heavy (non-hydrogen) atoms. The molecule has 0 saturated heterocycles. The molecule has 0 saturated carbocycles. The van der Waals surface area contributed by atoms with Gasteiger partial charge in [-0.2, -0.15) is 0 Å². The Morgan fingerprint density at radius 1 is 0.762 bits per heavy atom. The van der Waals surface area contributed by atoms with E-state index in [0.29, 0.717) is 0 Å². The highest BCUT2D eigenvalue weighted by molar-refractivity contribution is 5.95. The fourth-order valence-electron chi connectivity index (χ4n) is 2.65. The summed E-state index contributed by atoms with van der Waals surface area (Å²) in [5, 5.41) is 0. The summed E-state index contributed by atoms with van der Waals surface area (Å²) >= 11 is 0. The lowest BCUT2D eigenvalue weighted by Gasteiger charge is -2.30. The summed E-state index contributed by atoms with van der Waals surface area (Å²) in [7, 11) is 0. The van der Waals surface area contributed by atoms with E-state index in [1.54, 1.807) is 0 Å². The van der Waals surface area contributed by atoms with E-state index < -0.39 is 0 Å². The van der Waals surface area contributed by atoms with E-state index in [-0.39, 0.29) is 18.0 Å². The van der Waals surface area contributed by atoms with Gasteiger partial charge in [-0.25, -0.2) is 0 Å². The molecular weight excluding hydrogens is 258 g/mol. The van der Waals surface area contributed by atoms with Gasteiger partial charge in [0.05, 0.1) is 0 Å². The lowest BCUT2D eigenvalue weighted by Crippen LogP contribution is -2.42. The van der Waals surface area contributed by atoms with Gasteiger partial charge in [0.15, 0.2) is 0 Å². The van der Waals surface area contributed by atoms with Gasteiger partial charge < -0.3 is 4.90 Å². The Hall–Kier alpha value is -2.09. The van der Waals surface area contributed by atoms with E-state index >= 15 is 0 Å². The zero-order chi connectivity index (χ0) is 15.4. The molecule has 0 atom stereocenters. The molecule has 0 radical (unpaired) electrons. The molecule has 2 aromatic carbocycles. The number of nitrogens with zero attached hydrogens (tertiary/aromatic N) is 1. The first-order chi connectivity index (χ1) is 10.0. The summed E-state index contributed by atoms with van der Waals surface area (Å²) in [6.07, 6.45) is 0. The molecule has 0 bridgehead atoms. The zero-order valence-electron chi connectivity index (χ0n) is 13.2. The third-order valence-electron chi connectivity index (χ3n) is 3.59. The highest BCUT2D eigenvalue weighted by Gasteiger charge is 2.21. The number of rotatable bonds is 4. The number of benzene rings is 2. The summed E-state index contributed by atoms with van der Waals surface area (Å²) in [6.45, 7) is 8.21. The molecule has 0 aliphatic rings. The average molecular weight is 281 g/mol. The van der Waals surface area contributed by atoms with Gasteiger partial charge >= 0.3 is 0 Å². The third-order valence-corrected chi connectivity index (χ3v) is 3.59. The minimum absolute atomic E-state index is 0.0969. The van der Waals surface area contributed by atoms with Crippen LogP contribution in [0.2, 0.25) is 0 Å². The lowest BCUT2D eigenvalue weighted by atomic mass is 10.0. The van der Waals surface area contributed by atoms with E-state index in [2.05, 4.69) is 39.8 Å². The quantitative estimate of drug-likeness (QED) is 0.801. The Kier molecular flexibility index (Phi) is 4.79. The topological polar surface area (TPSA) is 20.3 Å². The van der Waals surface area contributed by atoms with Crippen LogP contribution in [-0.4, -0.2) is 22.9 Å². The van der Waals surface area contributed by atoms with E-state index in [1.807, 2.05) is 47.4 Å². The van der Waals surface area contributed by atoms with E-state index in [9.17, 15) is 4.79 Å². The zero-order valence-corrected chi connectivity index (χ0v) is 13.2. The maximum Gasteiger partial charge on any atom is 0.254 e. The first-order valence-corrected chi connectivity index (χ1v) is 7.49. The second-order valence-electron chi connectivity index (χ2n) is 5.84. The Morgan fingerprint density at radius 3 is 1.71 bits per heavy atom. The smallest absolute Gasteiger partial charge is 0.254 e. The van der Waals surface area contributed by atoms with E-state index in [1.165, 1.54) is 5.56 Å². The highest BCUT2D eigenvalue weighted by Crippen LogP contribution is 2.20. The SMILES string of the molecule is CC(C)N(C(=O)c1ccc(-c2ccccc2)cc1)C(C)C. The predicted octanol–water partition coefficient (Wildman–Crippen LogP) is 4.61. The van der Waals surface area contributed by atoms with Gasteiger partial charge in [0, 0.05) is 17.6 Å². The molecule has 2 aromatic rings. The van der Waals surface area contributed by atoms with Crippen LogP contribution in [0.5, 0.6) is 0 Å². The molecule has 0 aliphatic heterocycles. The normalized spacial score (nSPS) is 11.0. The minimum atomic E-state index is 0.0969. The molecular formula is C19H23NO. The number of hydrogen-bond donors (Lipinski definition) is 0. The monoisotopic (exact) mass is 281 g/mol. The summed E-state index contributed by atoms with van der Waals surface area (Å²) in [6, 6.07) is 18.5. The van der Waals surface area contributed by atoms with Crippen molar-refractivity contribution in [1.29, 1.82) is 0 Å². The van der Waals surface area contributed by atoms with Crippen LogP contribution in [0.4, 0.5) is 0 Å². The van der Waals surface area contributed by atoms with Crippen LogP contribution in [0.25, 0.3) is 11.1 Å². The first kappa shape index (κ1) is 15.3. The van der Waals surface area contributed by atoms with Crippen molar-refractivity contribution in [2.45, 2.75) is 39.8 Å². The van der Waals surface area contributed by atoms with Crippen LogP contribution in [-0.2, 0) is 0 Å². The molecule has 0 aliphatic carbocycles. The van der Waals surface area contributed by atoms with Crippen molar-refractivity contribution in [3.63, 3.8) is 0 Å². The fraction of sp³-hybridized carbons (Fsp3) is 0.316. The van der Waals surface area contributed by atoms with Gasteiger partial charge in [-0.1, -0.05) is 42.5 Å². The van der Waals surface area contributed by atoms with E-state index in [0.717, 1.165) is 11.1 Å². The minimum Gasteiger partial charge on any atom is -0.334 e. The molecule has 0 fully saturated rings. The number of amides is 1. The van der Waals surface area contributed by atoms with Crippen molar-refractivity contribution in [3.05, 3.63) is 60.2 Å². The Balaban J connectivity index is 2.24. The largest absolute Gasteiger partial charge is 0.334 e. The van der Waals surface area contributed by atoms with Crippen LogP contribution >= 0.6 is 0 Å². The summed E-state index contributed by atoms with van der Waals surface area (Å²) < 4.78 is 0. The fourth-order valence-corrected chi connectivity index (χ4v) is 2.65. The molecule has 110 valence electrons. The van der Waals surface area contributed by atoms with Crippen LogP contribution < -0.4 is 0 Å². The van der Waals surface area contributed by atoms with E-state index in [4.69, 9.17) is 0 Å². The van der Waals surface area contributed by atoms with Gasteiger partial charge in [0.1, 0.15) is 0 Å². The molecule has 0 heterocycles. The standard InChI is InChI=1S/C19H23NO/c1-14(2)20(15(3)4)19(21)18-12-10-17(11-13-18)16-8-6-5-7-9-16/h5-15H,1-4H3. The first-order valence-electron chi connectivity index (χ1n) is 7.49. The average Bonchev–Trinajstić information content (AvgIpc) is 2.47. The number of hydrogen-bond acceptors (Lipinski definition) is 1. The summed E-state index contributed by atoms with van der Waals surface area (Å²) in [5.41, 5.74) is 3.05. The molecule has 0 aromatic heterocycles. The molecule has 2 heteroatoms. The van der Waals surface area contributed by atoms with Crippen molar-refractivity contribution in [2.75, 3.05) is 0 Å². The Morgan fingerprint density at radius 2 is 1.24 bits per heavy atom. The molecule has 0 N–H and O–H groups in total. The lowest BCUT2D eigenvalue weighted by molar-refractivity contribution is 0.0644. The van der Waals surface area contributed by atoms with Crippen molar-refractivity contribution in [1.82, 2.24) is 4.90 Å². The van der Waals surface area contributed by atoms with Crippen LogP contribution in [0.1, 0.15) is 38.1 Å². The van der Waals surface area contributed by atoms with Gasteiger partial charge in [-0.15, -0.1) is 0 Å². The number of carbonyl (C=O) groups is 1. The molecule has 2 nitrogen and oxygen atoms in total. The van der Waals surface area contributed by atoms with Crippen molar-refractivity contribution < 1.29 is 4.79 Å². The predicted molar refractivity (Wildman–Crippen MR) is 88.3 cm³/mol. The maximum absolute atomic E-state index is 12.6. The van der Waals surface area contributed by atoms with Gasteiger partial charge in [0.25, 0.3) is 5.91 Å². The Bertz CT molecular complexity index is 577. The van der Waals surface area contributed by atoms with Crippen molar-refractivity contribution in [3.8, 4) is 11.1 Å². The summed E-state index contributed by atoms with van der Waals surface area (Å²) in [5.74, 6) is 0.0969. The second kappa shape index (κ2) is 6.57. The second-order valence-corrected chi connectivity index (χ2v) is 5.84. The van der Waals surface area contributed by atoms with Crippen LogP contribution in [0.15, 0.2) is 54.6 Å². The highest BCUT2D eigenvalue weighted by atomic mass is 16.2. The van der Waals surface area contributed by atoms with Crippen molar-refractivity contribution in [2.24, 2.45) is 0 Å². The van der Waals surface area contributed by atoms with Crippen molar-refractivity contribution >= 4 is 5.91 Å². The van der Waals surface area contributed by atoms with Gasteiger partial charge in [-0.05, 0) is 51.0 Å². The van der Waals surface area contributed by atoms with Gasteiger partial charge in [0.2, 0.25) is 0 Å². The Labute approximate surface area is 127 Å². The number of carbonyl (C=O) groups excluding carboxylic acids is 1. The van der Waals surface area contributed by atoms with Crippen LogP contribution in [0.3, 0.4) is 0 Å². The summed E-state index contributed by atoms with van der Waals surface area (Å²) in [4.78, 5) is 14.5. The maximum atomic E-state index is 12.6.